The molecule has 1 fully saturated rings. The van der Waals surface area contributed by atoms with Crippen LogP contribution in [-0.2, 0) is 16.0 Å². The lowest BCUT2D eigenvalue weighted by molar-refractivity contribution is -0.119. The molecule has 1 aromatic heterocycles. The van der Waals surface area contributed by atoms with Crippen LogP contribution in [-0.4, -0.2) is 53.3 Å². The van der Waals surface area contributed by atoms with Crippen LogP contribution in [0.4, 0.5) is 5.69 Å². The molecule has 0 bridgehead atoms. The van der Waals surface area contributed by atoms with Crippen molar-refractivity contribution in [3.63, 3.8) is 0 Å². The Kier molecular flexibility index (Phi) is 5.46. The number of aromatic amines is 1. The molecular weight excluding hydrogens is 340 g/mol. The van der Waals surface area contributed by atoms with E-state index in [1.165, 1.54) is 5.56 Å². The number of benzene rings is 2. The van der Waals surface area contributed by atoms with E-state index >= 15 is 0 Å². The Bertz CT molecular complexity index is 893. The lowest BCUT2D eigenvalue weighted by Crippen LogP contribution is -2.47. The normalized spacial score (nSPS) is 17.9. The lowest BCUT2D eigenvalue weighted by Gasteiger charge is -2.35. The summed E-state index contributed by atoms with van der Waals surface area (Å²) >= 11 is 0. The van der Waals surface area contributed by atoms with E-state index in [0.29, 0.717) is 13.0 Å². The molecule has 1 atom stereocenters. The predicted molar refractivity (Wildman–Crippen MR) is 106 cm³/mol. The van der Waals surface area contributed by atoms with Crippen molar-refractivity contribution in [2.45, 2.75) is 18.9 Å². The van der Waals surface area contributed by atoms with Crippen LogP contribution >= 0.6 is 0 Å². The van der Waals surface area contributed by atoms with Gasteiger partial charge in [0.25, 0.3) is 0 Å². The zero-order valence-corrected chi connectivity index (χ0v) is 15.2. The summed E-state index contributed by atoms with van der Waals surface area (Å²) in [5.41, 5.74) is 3.02. The Balaban J connectivity index is 1.34. The highest BCUT2D eigenvalue weighted by Crippen LogP contribution is 2.18. The second-order valence-corrected chi connectivity index (χ2v) is 6.92. The molecule has 2 heterocycles. The largest absolute Gasteiger partial charge is 0.378 e. The predicted octanol–water partition coefficient (Wildman–Crippen LogP) is 2.83. The van der Waals surface area contributed by atoms with Crippen molar-refractivity contribution in [1.29, 1.82) is 0 Å². The first kappa shape index (κ1) is 17.7. The number of anilines is 1. The molecule has 2 aromatic carbocycles. The third-order valence-electron chi connectivity index (χ3n) is 5.03. The first-order valence-corrected chi connectivity index (χ1v) is 9.36. The summed E-state index contributed by atoms with van der Waals surface area (Å²) in [6.07, 6.45) is 3.18. The Hall–Kier alpha value is -2.70. The highest BCUT2D eigenvalue weighted by molar-refractivity contribution is 5.93. The van der Waals surface area contributed by atoms with Crippen molar-refractivity contribution in [3.8, 4) is 0 Å². The number of amides is 1. The van der Waals surface area contributed by atoms with E-state index in [-0.39, 0.29) is 11.9 Å². The molecule has 6 heteroatoms. The van der Waals surface area contributed by atoms with Gasteiger partial charge in [-0.05, 0) is 30.2 Å². The number of morpholine rings is 1. The molecule has 1 unspecified atom stereocenters. The number of nitrogens with one attached hydrogen (secondary N) is 2. The third-order valence-corrected chi connectivity index (χ3v) is 5.03. The minimum absolute atomic E-state index is 0.00840. The highest BCUT2D eigenvalue weighted by atomic mass is 16.5. The molecule has 6 nitrogen and oxygen atoms in total. The van der Waals surface area contributed by atoms with Gasteiger partial charge in [-0.2, -0.15) is 5.10 Å². The van der Waals surface area contributed by atoms with Crippen molar-refractivity contribution in [2.75, 3.05) is 31.6 Å². The summed E-state index contributed by atoms with van der Waals surface area (Å²) in [6, 6.07) is 16.3. The summed E-state index contributed by atoms with van der Waals surface area (Å²) in [6.45, 7) is 3.13. The number of hydrogen-bond acceptors (Lipinski definition) is 4. The molecule has 0 saturated carbocycles. The van der Waals surface area contributed by atoms with Crippen LogP contribution in [0.25, 0.3) is 10.9 Å². The van der Waals surface area contributed by atoms with E-state index < -0.39 is 0 Å². The van der Waals surface area contributed by atoms with Crippen LogP contribution in [0, 0.1) is 0 Å². The summed E-state index contributed by atoms with van der Waals surface area (Å²) in [5.74, 6) is 0.00840. The minimum atomic E-state index is 0.00840. The standard InChI is InChI=1S/C21H24N4O2/c26-21(23-18-7-6-17-14-22-24-20(17)12-18)13-19-15-27-11-10-25(19)9-8-16-4-2-1-3-5-16/h1-7,12,14,19H,8-11,13,15H2,(H,22,24)(H,23,26). The number of carbonyl (C=O) groups is 1. The topological polar surface area (TPSA) is 70.2 Å². The molecule has 0 aliphatic carbocycles. The molecule has 1 aliphatic heterocycles. The van der Waals surface area contributed by atoms with Crippen molar-refractivity contribution < 1.29 is 9.53 Å². The summed E-state index contributed by atoms with van der Waals surface area (Å²) in [7, 11) is 0. The Morgan fingerprint density at radius 2 is 2.15 bits per heavy atom. The third kappa shape index (κ3) is 4.53. The average Bonchev–Trinajstić information content (AvgIpc) is 3.16. The van der Waals surface area contributed by atoms with Gasteiger partial charge < -0.3 is 10.1 Å². The van der Waals surface area contributed by atoms with E-state index in [2.05, 4.69) is 44.7 Å². The maximum atomic E-state index is 12.6. The van der Waals surface area contributed by atoms with E-state index in [4.69, 9.17) is 4.74 Å². The first-order valence-electron chi connectivity index (χ1n) is 9.36. The molecule has 4 rings (SSSR count). The fraction of sp³-hybridized carbons (Fsp3) is 0.333. The molecule has 0 spiro atoms. The number of ether oxygens (including phenoxy) is 1. The average molecular weight is 364 g/mol. The van der Waals surface area contributed by atoms with E-state index in [0.717, 1.165) is 42.7 Å². The van der Waals surface area contributed by atoms with Crippen LogP contribution in [0.2, 0.25) is 0 Å². The number of aromatic nitrogens is 2. The van der Waals surface area contributed by atoms with Crippen LogP contribution in [0.3, 0.4) is 0 Å². The van der Waals surface area contributed by atoms with E-state index in [9.17, 15) is 4.79 Å². The zero-order valence-electron chi connectivity index (χ0n) is 15.2. The maximum Gasteiger partial charge on any atom is 0.226 e. The quantitative estimate of drug-likeness (QED) is 0.706. The Morgan fingerprint density at radius 1 is 1.26 bits per heavy atom. The summed E-state index contributed by atoms with van der Waals surface area (Å²) in [5, 5.41) is 11.0. The summed E-state index contributed by atoms with van der Waals surface area (Å²) < 4.78 is 5.63. The van der Waals surface area contributed by atoms with Crippen LogP contribution in [0.15, 0.2) is 54.7 Å². The second-order valence-electron chi connectivity index (χ2n) is 6.92. The monoisotopic (exact) mass is 364 g/mol. The molecule has 0 radical (unpaired) electrons. The maximum absolute atomic E-state index is 12.6. The fourth-order valence-corrected chi connectivity index (χ4v) is 3.53. The second kappa shape index (κ2) is 8.33. The number of fused-ring (bicyclic) bond motifs is 1. The molecular formula is C21H24N4O2. The molecule has 2 N–H and O–H groups in total. The number of hydrogen-bond donors (Lipinski definition) is 2. The van der Waals surface area contributed by atoms with Crippen LogP contribution < -0.4 is 5.32 Å². The van der Waals surface area contributed by atoms with Crippen molar-refractivity contribution in [3.05, 3.63) is 60.3 Å². The smallest absolute Gasteiger partial charge is 0.226 e. The van der Waals surface area contributed by atoms with Gasteiger partial charge in [-0.3, -0.25) is 14.8 Å². The van der Waals surface area contributed by atoms with Gasteiger partial charge in [-0.15, -0.1) is 0 Å². The fourth-order valence-electron chi connectivity index (χ4n) is 3.53. The highest BCUT2D eigenvalue weighted by Gasteiger charge is 2.25. The van der Waals surface area contributed by atoms with Gasteiger partial charge in [0.05, 0.1) is 24.9 Å². The molecule has 140 valence electrons. The SMILES string of the molecule is O=C(CC1COCCN1CCc1ccccc1)Nc1ccc2cn[nH]c2c1. The number of H-pyrrole nitrogens is 1. The molecule has 3 aromatic rings. The van der Waals surface area contributed by atoms with Gasteiger partial charge in [0, 0.05) is 36.6 Å². The zero-order chi connectivity index (χ0) is 18.5. The summed E-state index contributed by atoms with van der Waals surface area (Å²) in [4.78, 5) is 14.9. The van der Waals surface area contributed by atoms with Gasteiger partial charge >= 0.3 is 0 Å². The first-order chi connectivity index (χ1) is 13.3. The Labute approximate surface area is 158 Å². The molecule has 27 heavy (non-hydrogen) atoms. The molecule has 1 saturated heterocycles. The Morgan fingerprint density at radius 3 is 3.04 bits per heavy atom. The van der Waals surface area contributed by atoms with Crippen molar-refractivity contribution in [2.24, 2.45) is 0 Å². The van der Waals surface area contributed by atoms with Gasteiger partial charge in [-0.25, -0.2) is 0 Å². The van der Waals surface area contributed by atoms with Crippen LogP contribution in [0.5, 0.6) is 0 Å². The van der Waals surface area contributed by atoms with E-state index in [1.807, 2.05) is 24.3 Å². The van der Waals surface area contributed by atoms with Crippen molar-refractivity contribution in [1.82, 2.24) is 15.1 Å². The van der Waals surface area contributed by atoms with Gasteiger partial charge in [-0.1, -0.05) is 30.3 Å². The van der Waals surface area contributed by atoms with Gasteiger partial charge in [0.2, 0.25) is 5.91 Å². The molecule has 1 aliphatic rings. The van der Waals surface area contributed by atoms with Gasteiger partial charge in [0.1, 0.15) is 0 Å². The minimum Gasteiger partial charge on any atom is -0.378 e. The number of nitrogens with zero attached hydrogens (tertiary/aromatic N) is 2. The van der Waals surface area contributed by atoms with Crippen molar-refractivity contribution >= 4 is 22.5 Å². The van der Waals surface area contributed by atoms with Crippen LogP contribution in [0.1, 0.15) is 12.0 Å². The number of rotatable bonds is 6. The van der Waals surface area contributed by atoms with E-state index in [1.54, 1.807) is 6.20 Å². The van der Waals surface area contributed by atoms with Gasteiger partial charge in [0.15, 0.2) is 0 Å². The molecule has 1 amide bonds. The lowest BCUT2D eigenvalue weighted by atomic mass is 10.1. The number of carbonyl (C=O) groups excluding carboxylic acids is 1.